The maximum Gasteiger partial charge on any atom is 0.258 e. The molecule has 1 aliphatic carbocycles. The van der Waals surface area contributed by atoms with Gasteiger partial charge in [-0.2, -0.15) is 0 Å². The summed E-state index contributed by atoms with van der Waals surface area (Å²) in [5.74, 6) is 0.772. The molecule has 1 saturated carbocycles. The number of sulfonamides is 1. The van der Waals surface area contributed by atoms with Crippen LogP contribution in [0.5, 0.6) is 0 Å². The Bertz CT molecular complexity index is 1060. The molecule has 3 aliphatic rings. The monoisotopic (exact) mass is 431 g/mol. The highest BCUT2D eigenvalue weighted by Gasteiger charge is 2.37. The van der Waals surface area contributed by atoms with E-state index in [9.17, 15) is 13.2 Å². The van der Waals surface area contributed by atoms with Crippen LogP contribution in [0.3, 0.4) is 0 Å². The van der Waals surface area contributed by atoms with Crippen LogP contribution in [0.1, 0.15) is 49.4 Å². The minimum Gasteiger partial charge on any atom is -0.349 e. The van der Waals surface area contributed by atoms with Gasteiger partial charge in [-0.25, -0.2) is 17.7 Å². The Labute approximate surface area is 177 Å². The average molecular weight is 432 g/mol. The molecule has 1 amide bonds. The van der Waals surface area contributed by atoms with Gasteiger partial charge in [0.1, 0.15) is 5.65 Å². The number of carbonyl (C=O) groups is 1. The van der Waals surface area contributed by atoms with E-state index >= 15 is 0 Å². The number of aromatic nitrogens is 2. The van der Waals surface area contributed by atoms with Crippen molar-refractivity contribution in [1.82, 2.24) is 19.2 Å². The summed E-state index contributed by atoms with van der Waals surface area (Å²) in [6.07, 6.45) is 8.39. The highest BCUT2D eigenvalue weighted by atomic mass is 32.2. The van der Waals surface area contributed by atoms with E-state index in [4.69, 9.17) is 0 Å². The molecule has 2 aromatic rings. The molecule has 0 spiro atoms. The fourth-order valence-electron chi connectivity index (χ4n) is 5.31. The summed E-state index contributed by atoms with van der Waals surface area (Å²) in [6, 6.07) is 2.35. The second-order valence-corrected chi connectivity index (χ2v) is 10.8. The van der Waals surface area contributed by atoms with Gasteiger partial charge in [0.25, 0.3) is 5.91 Å². The fraction of sp³-hybridized carbons (Fsp3) is 0.619. The number of H-pyrrole nitrogens is 1. The molecule has 9 heteroatoms. The first kappa shape index (κ1) is 19.8. The molecule has 0 unspecified atom stereocenters. The van der Waals surface area contributed by atoms with Crippen molar-refractivity contribution in [2.75, 3.05) is 37.0 Å². The number of nitrogens with one attached hydrogen (secondary N) is 1. The maximum absolute atomic E-state index is 12.9. The number of rotatable bonds is 4. The minimum absolute atomic E-state index is 0.0484. The molecule has 0 aromatic carbocycles. The lowest BCUT2D eigenvalue weighted by Crippen LogP contribution is -2.52. The van der Waals surface area contributed by atoms with Crippen LogP contribution in [0.15, 0.2) is 18.5 Å². The third kappa shape index (κ3) is 3.28. The highest BCUT2D eigenvalue weighted by Crippen LogP contribution is 2.39. The van der Waals surface area contributed by atoms with Crippen molar-refractivity contribution < 1.29 is 13.2 Å². The van der Waals surface area contributed by atoms with Crippen molar-refractivity contribution in [3.63, 3.8) is 0 Å². The van der Waals surface area contributed by atoms with E-state index in [-0.39, 0.29) is 5.91 Å². The van der Waals surface area contributed by atoms with Crippen LogP contribution < -0.4 is 4.90 Å². The average Bonchev–Trinajstić information content (AvgIpc) is 3.35. The van der Waals surface area contributed by atoms with E-state index in [0.717, 1.165) is 48.8 Å². The molecule has 0 bridgehead atoms. The Balaban J connectivity index is 1.37. The molecule has 5 rings (SSSR count). The lowest BCUT2D eigenvalue weighted by molar-refractivity contribution is 0.0741. The van der Waals surface area contributed by atoms with E-state index in [1.165, 1.54) is 0 Å². The van der Waals surface area contributed by atoms with Gasteiger partial charge < -0.3 is 14.8 Å². The van der Waals surface area contributed by atoms with Crippen LogP contribution >= 0.6 is 0 Å². The lowest BCUT2D eigenvalue weighted by Gasteiger charge is -2.44. The summed E-state index contributed by atoms with van der Waals surface area (Å²) in [5, 5.41) is 1.00. The zero-order chi connectivity index (χ0) is 20.9. The van der Waals surface area contributed by atoms with Crippen LogP contribution in [0, 0.1) is 5.92 Å². The zero-order valence-electron chi connectivity index (χ0n) is 17.4. The predicted molar refractivity (Wildman–Crippen MR) is 116 cm³/mol. The standard InChI is InChI=1S/C21H29N5O3S/c1-2-24-14-26(19-17-8-9-22-20(17)23-12-18(19)21(24)27)16-6-4-15(5-7-16)13-25-10-3-11-30(25,28)29/h8-9,12,15-16H,2-7,10-11,13-14H2,1H3,(H,22,23). The van der Waals surface area contributed by atoms with E-state index in [0.29, 0.717) is 49.6 Å². The topological polar surface area (TPSA) is 89.6 Å². The van der Waals surface area contributed by atoms with Crippen LogP contribution in [-0.4, -0.2) is 71.6 Å². The number of nitrogens with zero attached hydrogens (tertiary/aromatic N) is 4. The molecule has 2 fully saturated rings. The molecule has 1 saturated heterocycles. The largest absolute Gasteiger partial charge is 0.349 e. The zero-order valence-corrected chi connectivity index (χ0v) is 18.2. The maximum atomic E-state index is 12.9. The van der Waals surface area contributed by atoms with Crippen LogP contribution in [-0.2, 0) is 10.0 Å². The van der Waals surface area contributed by atoms with Gasteiger partial charge in [-0.1, -0.05) is 0 Å². The second-order valence-electron chi connectivity index (χ2n) is 8.73. The van der Waals surface area contributed by atoms with Gasteiger partial charge in [-0.3, -0.25) is 4.79 Å². The van der Waals surface area contributed by atoms with Crippen molar-refractivity contribution in [2.45, 2.75) is 45.1 Å². The third-order valence-electron chi connectivity index (χ3n) is 6.99. The lowest BCUT2D eigenvalue weighted by atomic mass is 9.84. The summed E-state index contributed by atoms with van der Waals surface area (Å²) in [5.41, 5.74) is 2.49. The quantitative estimate of drug-likeness (QED) is 0.803. The molecule has 8 nitrogen and oxygen atoms in total. The van der Waals surface area contributed by atoms with Gasteiger partial charge in [0.15, 0.2) is 0 Å². The van der Waals surface area contributed by atoms with Crippen molar-refractivity contribution in [2.24, 2.45) is 5.92 Å². The Morgan fingerprint density at radius 1 is 1.23 bits per heavy atom. The van der Waals surface area contributed by atoms with Gasteiger partial charge in [0, 0.05) is 43.5 Å². The fourth-order valence-corrected chi connectivity index (χ4v) is 6.91. The van der Waals surface area contributed by atoms with Gasteiger partial charge in [-0.05, 0) is 51.0 Å². The summed E-state index contributed by atoms with van der Waals surface area (Å²) in [6.45, 7) is 4.62. The molecule has 30 heavy (non-hydrogen) atoms. The number of pyridine rings is 1. The molecule has 4 heterocycles. The molecule has 1 N–H and O–H groups in total. The Kier molecular flexibility index (Phi) is 4.97. The smallest absolute Gasteiger partial charge is 0.258 e. The molecule has 162 valence electrons. The van der Waals surface area contributed by atoms with E-state index in [1.54, 1.807) is 10.5 Å². The van der Waals surface area contributed by atoms with Gasteiger partial charge in [-0.15, -0.1) is 0 Å². The van der Waals surface area contributed by atoms with Gasteiger partial charge in [0.05, 0.1) is 23.7 Å². The summed E-state index contributed by atoms with van der Waals surface area (Å²) in [4.78, 5) is 24.8. The minimum atomic E-state index is -3.03. The first-order chi connectivity index (χ1) is 14.5. The van der Waals surface area contributed by atoms with Crippen molar-refractivity contribution in [3.05, 3.63) is 24.0 Å². The Morgan fingerprint density at radius 2 is 2.03 bits per heavy atom. The van der Waals surface area contributed by atoms with Crippen molar-refractivity contribution >= 4 is 32.7 Å². The number of anilines is 1. The molecular formula is C21H29N5O3S. The first-order valence-corrected chi connectivity index (χ1v) is 12.6. The molecule has 2 aliphatic heterocycles. The Morgan fingerprint density at radius 3 is 2.73 bits per heavy atom. The van der Waals surface area contributed by atoms with Crippen LogP contribution in [0.25, 0.3) is 11.0 Å². The summed E-state index contributed by atoms with van der Waals surface area (Å²) in [7, 11) is -3.03. The first-order valence-electron chi connectivity index (χ1n) is 11.0. The number of aromatic amines is 1. The van der Waals surface area contributed by atoms with Gasteiger partial charge in [0.2, 0.25) is 10.0 Å². The highest BCUT2D eigenvalue weighted by molar-refractivity contribution is 7.89. The third-order valence-corrected chi connectivity index (χ3v) is 8.91. The Hall–Kier alpha value is -2.13. The molecule has 0 atom stereocenters. The van der Waals surface area contributed by atoms with E-state index < -0.39 is 10.0 Å². The summed E-state index contributed by atoms with van der Waals surface area (Å²) >= 11 is 0. The normalized spacial score (nSPS) is 27.0. The number of hydrogen-bond acceptors (Lipinski definition) is 5. The van der Waals surface area contributed by atoms with Crippen LogP contribution in [0.4, 0.5) is 5.69 Å². The molecular weight excluding hydrogens is 402 g/mol. The second kappa shape index (κ2) is 7.53. The molecule has 0 radical (unpaired) electrons. The molecule has 2 aromatic heterocycles. The van der Waals surface area contributed by atoms with E-state index in [1.807, 2.05) is 24.1 Å². The SMILES string of the molecule is CCN1CN(C2CCC(CN3CCCS3(=O)=O)CC2)c2c(cnc3[nH]ccc23)C1=O. The number of fused-ring (bicyclic) bond motifs is 3. The van der Waals surface area contributed by atoms with Gasteiger partial charge >= 0.3 is 0 Å². The van der Waals surface area contributed by atoms with Crippen molar-refractivity contribution in [1.29, 1.82) is 0 Å². The van der Waals surface area contributed by atoms with Crippen molar-refractivity contribution in [3.8, 4) is 0 Å². The van der Waals surface area contributed by atoms with E-state index in [2.05, 4.69) is 14.9 Å². The number of carbonyl (C=O) groups excluding carboxylic acids is 1. The number of hydrogen-bond donors (Lipinski definition) is 1. The van der Waals surface area contributed by atoms with Crippen LogP contribution in [0.2, 0.25) is 0 Å². The predicted octanol–water partition coefficient (Wildman–Crippen LogP) is 2.40. The summed E-state index contributed by atoms with van der Waals surface area (Å²) < 4.78 is 26.0. The number of amides is 1.